The molecule has 0 saturated carbocycles. The minimum Gasteiger partial charge on any atom is -0.465 e. The van der Waals surface area contributed by atoms with E-state index in [-0.39, 0.29) is 17.9 Å². The molecule has 0 aliphatic carbocycles. The molecule has 0 bridgehead atoms. The van der Waals surface area contributed by atoms with Crippen LogP contribution in [0.4, 0.5) is 10.1 Å². The van der Waals surface area contributed by atoms with Crippen LogP contribution in [-0.4, -0.2) is 26.7 Å². The molecule has 2 N–H and O–H groups in total. The first-order valence-corrected chi connectivity index (χ1v) is 7.06. The third-order valence-electron chi connectivity index (χ3n) is 2.12. The number of benzene rings is 1. The standard InChI is InChI=1S/C11H14FNO4S/c1-2-17-11(14)7-18(15,16)6-8-5-9(12)3-4-10(8)13/h3-5H,2,6-7,13H2,1H3. The van der Waals surface area contributed by atoms with Crippen molar-refractivity contribution in [3.8, 4) is 0 Å². The van der Waals surface area contributed by atoms with Gasteiger partial charge in [-0.15, -0.1) is 0 Å². The van der Waals surface area contributed by atoms with Gasteiger partial charge in [0.2, 0.25) is 0 Å². The summed E-state index contributed by atoms with van der Waals surface area (Å²) in [6, 6.07) is 3.46. The molecular weight excluding hydrogens is 261 g/mol. The van der Waals surface area contributed by atoms with E-state index in [1.807, 2.05) is 0 Å². The van der Waals surface area contributed by atoms with E-state index in [0.29, 0.717) is 0 Å². The summed E-state index contributed by atoms with van der Waals surface area (Å²) in [4.78, 5) is 11.1. The van der Waals surface area contributed by atoms with Gasteiger partial charge in [-0.2, -0.15) is 0 Å². The lowest BCUT2D eigenvalue weighted by molar-refractivity contribution is -0.139. The molecule has 0 atom stereocenters. The van der Waals surface area contributed by atoms with Crippen LogP contribution in [0, 0.1) is 5.82 Å². The van der Waals surface area contributed by atoms with Crippen LogP contribution < -0.4 is 5.73 Å². The van der Waals surface area contributed by atoms with Crippen LogP contribution >= 0.6 is 0 Å². The molecule has 100 valence electrons. The van der Waals surface area contributed by atoms with Gasteiger partial charge in [-0.25, -0.2) is 12.8 Å². The Kier molecular flexibility index (Phi) is 4.66. The molecular formula is C11H14FNO4S. The molecule has 1 rings (SSSR count). The Labute approximate surface area is 105 Å². The number of nitrogen functional groups attached to an aromatic ring is 1. The predicted octanol–water partition coefficient (Wildman–Crippen LogP) is 0.886. The lowest BCUT2D eigenvalue weighted by atomic mass is 10.2. The van der Waals surface area contributed by atoms with Crippen LogP contribution in [0.15, 0.2) is 18.2 Å². The first-order chi connectivity index (χ1) is 8.34. The van der Waals surface area contributed by atoms with E-state index in [1.165, 1.54) is 6.07 Å². The van der Waals surface area contributed by atoms with Gasteiger partial charge in [0.1, 0.15) is 11.6 Å². The van der Waals surface area contributed by atoms with Gasteiger partial charge in [0, 0.05) is 5.69 Å². The Morgan fingerprint density at radius 1 is 1.44 bits per heavy atom. The van der Waals surface area contributed by atoms with E-state index in [1.54, 1.807) is 6.92 Å². The van der Waals surface area contributed by atoms with Crippen molar-refractivity contribution in [2.45, 2.75) is 12.7 Å². The maximum atomic E-state index is 13.0. The highest BCUT2D eigenvalue weighted by molar-refractivity contribution is 7.91. The quantitative estimate of drug-likeness (QED) is 0.637. The van der Waals surface area contributed by atoms with Gasteiger partial charge in [-0.05, 0) is 30.7 Å². The van der Waals surface area contributed by atoms with Crippen LogP contribution in [0.5, 0.6) is 0 Å². The highest BCUT2D eigenvalue weighted by atomic mass is 32.2. The van der Waals surface area contributed by atoms with E-state index in [4.69, 9.17) is 5.73 Å². The minimum atomic E-state index is -3.72. The second-order valence-electron chi connectivity index (χ2n) is 3.68. The summed E-state index contributed by atoms with van der Waals surface area (Å²) in [5.74, 6) is -2.63. The van der Waals surface area contributed by atoms with Crippen molar-refractivity contribution >= 4 is 21.5 Å². The van der Waals surface area contributed by atoms with Crippen molar-refractivity contribution < 1.29 is 22.3 Å². The largest absolute Gasteiger partial charge is 0.465 e. The number of carbonyl (C=O) groups is 1. The number of ether oxygens (including phenoxy) is 1. The molecule has 0 spiro atoms. The fourth-order valence-electron chi connectivity index (χ4n) is 1.37. The number of hydrogen-bond acceptors (Lipinski definition) is 5. The molecule has 0 radical (unpaired) electrons. The minimum absolute atomic E-state index is 0.108. The van der Waals surface area contributed by atoms with E-state index in [2.05, 4.69) is 4.74 Å². The Bertz CT molecular complexity index is 542. The zero-order valence-corrected chi connectivity index (χ0v) is 10.7. The molecule has 0 fully saturated rings. The number of halogens is 1. The Morgan fingerprint density at radius 2 is 2.11 bits per heavy atom. The van der Waals surface area contributed by atoms with E-state index >= 15 is 0 Å². The second kappa shape index (κ2) is 5.81. The maximum absolute atomic E-state index is 13.0. The summed E-state index contributed by atoms with van der Waals surface area (Å²) in [6.45, 7) is 1.69. The summed E-state index contributed by atoms with van der Waals surface area (Å²) in [5, 5.41) is 0. The topological polar surface area (TPSA) is 86.5 Å². The molecule has 0 unspecified atom stereocenters. The van der Waals surface area contributed by atoms with Gasteiger partial charge < -0.3 is 10.5 Å². The van der Waals surface area contributed by atoms with Crippen molar-refractivity contribution in [3.63, 3.8) is 0 Å². The fraction of sp³-hybridized carbons (Fsp3) is 0.364. The zero-order chi connectivity index (χ0) is 13.8. The van der Waals surface area contributed by atoms with Crippen molar-refractivity contribution in [3.05, 3.63) is 29.6 Å². The average Bonchev–Trinajstić information content (AvgIpc) is 2.22. The van der Waals surface area contributed by atoms with Gasteiger partial charge in [0.25, 0.3) is 0 Å². The number of nitrogens with two attached hydrogens (primary N) is 1. The Balaban J connectivity index is 2.82. The Hall–Kier alpha value is -1.63. The lowest BCUT2D eigenvalue weighted by Gasteiger charge is -2.07. The fourth-order valence-corrected chi connectivity index (χ4v) is 2.64. The van der Waals surface area contributed by atoms with Crippen LogP contribution in [0.25, 0.3) is 0 Å². The van der Waals surface area contributed by atoms with Crippen molar-refractivity contribution in [1.29, 1.82) is 0 Å². The lowest BCUT2D eigenvalue weighted by Crippen LogP contribution is -2.20. The smallest absolute Gasteiger partial charge is 0.321 e. The third kappa shape index (κ3) is 4.33. The zero-order valence-electron chi connectivity index (χ0n) is 9.85. The van der Waals surface area contributed by atoms with E-state index in [9.17, 15) is 17.6 Å². The molecule has 0 heterocycles. The molecule has 1 aromatic carbocycles. The number of carbonyl (C=O) groups excluding carboxylic acids is 1. The first-order valence-electron chi connectivity index (χ1n) is 5.24. The molecule has 0 aliphatic rings. The molecule has 0 aliphatic heterocycles. The number of sulfone groups is 1. The van der Waals surface area contributed by atoms with Crippen LogP contribution in [0.2, 0.25) is 0 Å². The summed E-state index contributed by atoms with van der Waals surface area (Å²) in [6.07, 6.45) is 0. The molecule has 0 saturated heterocycles. The van der Waals surface area contributed by atoms with Crippen molar-refractivity contribution in [2.75, 3.05) is 18.1 Å². The molecule has 0 amide bonds. The molecule has 0 aromatic heterocycles. The van der Waals surface area contributed by atoms with Crippen LogP contribution in [0.3, 0.4) is 0 Å². The van der Waals surface area contributed by atoms with Crippen molar-refractivity contribution in [2.24, 2.45) is 0 Å². The third-order valence-corrected chi connectivity index (χ3v) is 3.55. The van der Waals surface area contributed by atoms with Crippen LogP contribution in [0.1, 0.15) is 12.5 Å². The number of esters is 1. The average molecular weight is 275 g/mol. The van der Waals surface area contributed by atoms with Gasteiger partial charge >= 0.3 is 5.97 Å². The molecule has 5 nitrogen and oxygen atoms in total. The maximum Gasteiger partial charge on any atom is 0.321 e. The normalized spacial score (nSPS) is 11.2. The van der Waals surface area contributed by atoms with Crippen molar-refractivity contribution in [1.82, 2.24) is 0 Å². The molecule has 7 heteroatoms. The summed E-state index contributed by atoms with van der Waals surface area (Å²) in [5.41, 5.74) is 5.85. The predicted molar refractivity (Wildman–Crippen MR) is 64.9 cm³/mol. The highest BCUT2D eigenvalue weighted by Gasteiger charge is 2.19. The van der Waals surface area contributed by atoms with E-state index in [0.717, 1.165) is 12.1 Å². The molecule has 18 heavy (non-hydrogen) atoms. The SMILES string of the molecule is CCOC(=O)CS(=O)(=O)Cc1cc(F)ccc1N. The number of rotatable bonds is 5. The molecule has 1 aromatic rings. The van der Waals surface area contributed by atoms with Gasteiger partial charge in [-0.1, -0.05) is 0 Å². The summed E-state index contributed by atoms with van der Waals surface area (Å²) in [7, 11) is -3.72. The number of hydrogen-bond donors (Lipinski definition) is 1. The highest BCUT2D eigenvalue weighted by Crippen LogP contribution is 2.16. The summed E-state index contributed by atoms with van der Waals surface area (Å²) >= 11 is 0. The number of anilines is 1. The monoisotopic (exact) mass is 275 g/mol. The van der Waals surface area contributed by atoms with Crippen LogP contribution in [-0.2, 0) is 25.1 Å². The Morgan fingerprint density at radius 3 is 2.72 bits per heavy atom. The van der Waals surface area contributed by atoms with Gasteiger partial charge in [-0.3, -0.25) is 4.79 Å². The first kappa shape index (κ1) is 14.4. The second-order valence-corrected chi connectivity index (χ2v) is 5.74. The van der Waals surface area contributed by atoms with Gasteiger partial charge in [0.05, 0.1) is 12.4 Å². The van der Waals surface area contributed by atoms with E-state index < -0.39 is 33.1 Å². The summed E-state index contributed by atoms with van der Waals surface area (Å²) < 4.78 is 40.8. The van der Waals surface area contributed by atoms with Gasteiger partial charge in [0.15, 0.2) is 9.84 Å².